The van der Waals surface area contributed by atoms with Crippen LogP contribution in [0.5, 0.6) is 0 Å². The summed E-state index contributed by atoms with van der Waals surface area (Å²) in [5.41, 5.74) is -1.25. The molecule has 0 spiro atoms. The molecule has 1 fully saturated rings. The van der Waals surface area contributed by atoms with Crippen LogP contribution in [0.15, 0.2) is 0 Å². The molecule has 1 unspecified atom stereocenters. The molecule has 0 radical (unpaired) electrons. The van der Waals surface area contributed by atoms with Crippen molar-refractivity contribution in [3.8, 4) is 0 Å². The van der Waals surface area contributed by atoms with Gasteiger partial charge in [0.2, 0.25) is 5.82 Å². The fourth-order valence-corrected chi connectivity index (χ4v) is 2.08. The van der Waals surface area contributed by atoms with Gasteiger partial charge in [0.1, 0.15) is 0 Å². The van der Waals surface area contributed by atoms with Crippen molar-refractivity contribution in [2.24, 2.45) is 0 Å². The molecule has 0 bridgehead atoms. The fourth-order valence-electron chi connectivity index (χ4n) is 2.08. The van der Waals surface area contributed by atoms with Crippen LogP contribution in [0, 0.1) is 29.1 Å². The number of nitrogens with one attached hydrogen (secondary N) is 2. The van der Waals surface area contributed by atoms with Crippen molar-refractivity contribution in [2.75, 3.05) is 13.1 Å². The first-order valence-electron chi connectivity index (χ1n) is 5.82. The molecule has 1 aromatic carbocycles. The van der Waals surface area contributed by atoms with Crippen molar-refractivity contribution in [1.29, 1.82) is 0 Å². The molecular formula is C12H13F5N2. The molecule has 1 heterocycles. The molecule has 1 saturated heterocycles. The Labute approximate surface area is 107 Å². The minimum absolute atomic E-state index is 0.413. The monoisotopic (exact) mass is 280 g/mol. The zero-order valence-electron chi connectivity index (χ0n) is 10.2. The Hall–Kier alpha value is -1.21. The number of benzene rings is 1. The molecule has 106 valence electrons. The highest BCUT2D eigenvalue weighted by Crippen LogP contribution is 2.24. The van der Waals surface area contributed by atoms with Gasteiger partial charge in [-0.2, -0.15) is 0 Å². The summed E-state index contributed by atoms with van der Waals surface area (Å²) in [5, 5.41) is 5.88. The molecule has 1 aliphatic rings. The van der Waals surface area contributed by atoms with Crippen LogP contribution in [0.25, 0.3) is 0 Å². The molecule has 0 amide bonds. The second-order valence-corrected chi connectivity index (χ2v) is 4.89. The molecule has 1 atom stereocenters. The van der Waals surface area contributed by atoms with E-state index in [1.54, 1.807) is 0 Å². The zero-order valence-corrected chi connectivity index (χ0v) is 10.2. The lowest BCUT2D eigenvalue weighted by molar-refractivity contribution is 0.346. The highest BCUT2D eigenvalue weighted by atomic mass is 19.2. The van der Waals surface area contributed by atoms with Gasteiger partial charge in [0.05, 0.1) is 0 Å². The standard InChI is InChI=1S/C12H13F5N2/c1-12(2-3-18-5-12)19-4-6-7(13)9(15)11(17)10(16)8(6)14/h18-19H,2-5H2,1H3. The van der Waals surface area contributed by atoms with E-state index in [1.165, 1.54) is 0 Å². The maximum Gasteiger partial charge on any atom is 0.200 e. The molecule has 2 N–H and O–H groups in total. The molecule has 2 rings (SSSR count). The van der Waals surface area contributed by atoms with Crippen LogP contribution in [0.4, 0.5) is 22.0 Å². The van der Waals surface area contributed by atoms with E-state index in [2.05, 4.69) is 10.6 Å². The molecular weight excluding hydrogens is 267 g/mol. The Morgan fingerprint density at radius 2 is 1.53 bits per heavy atom. The lowest BCUT2D eigenvalue weighted by Gasteiger charge is -2.25. The van der Waals surface area contributed by atoms with E-state index in [4.69, 9.17) is 0 Å². The Balaban J connectivity index is 2.25. The van der Waals surface area contributed by atoms with Gasteiger partial charge in [-0.25, -0.2) is 22.0 Å². The van der Waals surface area contributed by atoms with Crippen molar-refractivity contribution in [2.45, 2.75) is 25.4 Å². The van der Waals surface area contributed by atoms with Crippen molar-refractivity contribution < 1.29 is 22.0 Å². The maximum atomic E-state index is 13.4. The highest BCUT2D eigenvalue weighted by Gasteiger charge is 2.30. The van der Waals surface area contributed by atoms with Crippen LogP contribution in [0.2, 0.25) is 0 Å². The van der Waals surface area contributed by atoms with Crippen molar-refractivity contribution in [3.63, 3.8) is 0 Å². The summed E-state index contributed by atoms with van der Waals surface area (Å²) in [6.45, 7) is 2.71. The Morgan fingerprint density at radius 1 is 1.00 bits per heavy atom. The largest absolute Gasteiger partial charge is 0.315 e. The molecule has 0 aliphatic carbocycles. The van der Waals surface area contributed by atoms with Gasteiger partial charge in [-0.3, -0.25) is 0 Å². The van der Waals surface area contributed by atoms with Crippen LogP contribution in [-0.2, 0) is 6.54 Å². The molecule has 0 saturated carbocycles. The van der Waals surface area contributed by atoms with Gasteiger partial charge in [-0.05, 0) is 19.9 Å². The smallest absolute Gasteiger partial charge is 0.200 e. The normalized spacial score (nSPS) is 23.1. The average molecular weight is 280 g/mol. The molecule has 1 aliphatic heterocycles. The lowest BCUT2D eigenvalue weighted by atomic mass is 10.0. The van der Waals surface area contributed by atoms with Gasteiger partial charge in [0.15, 0.2) is 23.3 Å². The minimum atomic E-state index is -2.13. The first-order chi connectivity index (χ1) is 8.86. The second-order valence-electron chi connectivity index (χ2n) is 4.89. The average Bonchev–Trinajstić information content (AvgIpc) is 2.81. The van der Waals surface area contributed by atoms with Gasteiger partial charge in [0.25, 0.3) is 0 Å². The minimum Gasteiger partial charge on any atom is -0.315 e. The van der Waals surface area contributed by atoms with E-state index in [-0.39, 0.29) is 0 Å². The van der Waals surface area contributed by atoms with Crippen LogP contribution in [-0.4, -0.2) is 18.6 Å². The molecule has 7 heteroatoms. The third-order valence-electron chi connectivity index (χ3n) is 3.36. The van der Waals surface area contributed by atoms with Crippen molar-refractivity contribution in [1.82, 2.24) is 10.6 Å². The number of halogens is 5. The van der Waals surface area contributed by atoms with Gasteiger partial charge < -0.3 is 10.6 Å². The van der Waals surface area contributed by atoms with E-state index in [0.29, 0.717) is 13.0 Å². The van der Waals surface area contributed by atoms with E-state index >= 15 is 0 Å². The van der Waals surface area contributed by atoms with E-state index in [0.717, 1.165) is 6.54 Å². The van der Waals surface area contributed by atoms with Crippen LogP contribution in [0.3, 0.4) is 0 Å². The van der Waals surface area contributed by atoms with E-state index < -0.39 is 46.7 Å². The molecule has 2 nitrogen and oxygen atoms in total. The summed E-state index contributed by atoms with van der Waals surface area (Å²) in [7, 11) is 0. The zero-order chi connectivity index (χ0) is 14.2. The third-order valence-corrected chi connectivity index (χ3v) is 3.36. The van der Waals surface area contributed by atoms with Crippen molar-refractivity contribution >= 4 is 0 Å². The summed E-state index contributed by atoms with van der Waals surface area (Å²) in [6, 6.07) is 0. The number of hydrogen-bond acceptors (Lipinski definition) is 2. The first kappa shape index (κ1) is 14.2. The summed E-state index contributed by atoms with van der Waals surface area (Å²) < 4.78 is 65.7. The van der Waals surface area contributed by atoms with Crippen LogP contribution < -0.4 is 10.6 Å². The Kier molecular flexibility index (Phi) is 3.78. The lowest BCUT2D eigenvalue weighted by Crippen LogP contribution is -2.44. The van der Waals surface area contributed by atoms with Gasteiger partial charge in [0, 0.05) is 24.2 Å². The van der Waals surface area contributed by atoms with Crippen molar-refractivity contribution in [3.05, 3.63) is 34.6 Å². The molecule has 1 aromatic rings. The second kappa shape index (κ2) is 5.05. The predicted octanol–water partition coefficient (Wildman–Crippen LogP) is 2.22. The topological polar surface area (TPSA) is 24.1 Å². The quantitative estimate of drug-likeness (QED) is 0.504. The Morgan fingerprint density at radius 3 is 2.00 bits per heavy atom. The molecule has 0 aromatic heterocycles. The fraction of sp³-hybridized carbons (Fsp3) is 0.500. The first-order valence-corrected chi connectivity index (χ1v) is 5.82. The van der Waals surface area contributed by atoms with Gasteiger partial charge >= 0.3 is 0 Å². The predicted molar refractivity (Wildman–Crippen MR) is 59.0 cm³/mol. The van der Waals surface area contributed by atoms with Crippen LogP contribution >= 0.6 is 0 Å². The number of hydrogen-bond donors (Lipinski definition) is 2. The maximum absolute atomic E-state index is 13.4. The van der Waals surface area contributed by atoms with E-state index in [1.807, 2.05) is 6.92 Å². The summed E-state index contributed by atoms with van der Waals surface area (Å²) in [6.07, 6.45) is 0.711. The van der Waals surface area contributed by atoms with Gasteiger partial charge in [-0.1, -0.05) is 0 Å². The molecule has 19 heavy (non-hydrogen) atoms. The Bertz CT molecular complexity index is 468. The SMILES string of the molecule is CC1(NCc2c(F)c(F)c(F)c(F)c2F)CCNC1. The van der Waals surface area contributed by atoms with Crippen LogP contribution in [0.1, 0.15) is 18.9 Å². The summed E-state index contributed by atoms with van der Waals surface area (Å²) in [4.78, 5) is 0. The van der Waals surface area contributed by atoms with E-state index in [9.17, 15) is 22.0 Å². The summed E-state index contributed by atoms with van der Waals surface area (Å²) >= 11 is 0. The number of rotatable bonds is 3. The van der Waals surface area contributed by atoms with Gasteiger partial charge in [-0.15, -0.1) is 0 Å². The third kappa shape index (κ3) is 2.57. The highest BCUT2D eigenvalue weighted by molar-refractivity contribution is 5.24. The summed E-state index contributed by atoms with van der Waals surface area (Å²) in [5.74, 6) is -9.51.